The Kier molecular flexibility index (Phi) is 4.31. The summed E-state index contributed by atoms with van der Waals surface area (Å²) in [6.45, 7) is 1.55. The first-order valence-corrected chi connectivity index (χ1v) is 10.6. The van der Waals surface area contributed by atoms with Gasteiger partial charge >= 0.3 is 0 Å². The van der Waals surface area contributed by atoms with Crippen LogP contribution in [0.5, 0.6) is 17.2 Å². The average molecular weight is 421 g/mol. The van der Waals surface area contributed by atoms with Crippen LogP contribution in [0.1, 0.15) is 23.2 Å². The van der Waals surface area contributed by atoms with Gasteiger partial charge in [-0.25, -0.2) is 0 Å². The molecule has 7 nitrogen and oxygen atoms in total. The molecule has 0 radical (unpaired) electrons. The maximum atomic E-state index is 13.1. The van der Waals surface area contributed by atoms with Crippen LogP contribution in [0.3, 0.4) is 0 Å². The number of carbonyl (C=O) groups excluding carboxylic acids is 1. The quantitative estimate of drug-likeness (QED) is 0.698. The second kappa shape index (κ2) is 7.20. The van der Waals surface area contributed by atoms with Gasteiger partial charge < -0.3 is 28.6 Å². The summed E-state index contributed by atoms with van der Waals surface area (Å²) in [6.07, 6.45) is 2.09. The summed E-state index contributed by atoms with van der Waals surface area (Å²) in [5, 5.41) is 11.7. The molecule has 0 bridgehead atoms. The lowest BCUT2D eigenvalue weighted by Crippen LogP contribution is -2.42. The van der Waals surface area contributed by atoms with E-state index in [1.54, 1.807) is 18.4 Å². The van der Waals surface area contributed by atoms with Gasteiger partial charge in [-0.3, -0.25) is 4.79 Å². The van der Waals surface area contributed by atoms with Crippen molar-refractivity contribution in [2.45, 2.75) is 25.0 Å². The zero-order valence-electron chi connectivity index (χ0n) is 16.9. The number of ether oxygens (including phenoxy) is 3. The van der Waals surface area contributed by atoms with Crippen LogP contribution in [-0.2, 0) is 0 Å². The molecule has 2 aliphatic heterocycles. The van der Waals surface area contributed by atoms with Crippen LogP contribution in [0.2, 0.25) is 0 Å². The molecule has 160 valence electrons. The minimum absolute atomic E-state index is 0.00966. The fourth-order valence-electron chi connectivity index (χ4n) is 5.08. The predicted octanol–water partition coefficient (Wildman–Crippen LogP) is 3.45. The van der Waals surface area contributed by atoms with E-state index in [-0.39, 0.29) is 24.7 Å². The lowest BCUT2D eigenvalue weighted by atomic mass is 9.78. The van der Waals surface area contributed by atoms with Crippen molar-refractivity contribution in [2.24, 2.45) is 11.8 Å². The van der Waals surface area contributed by atoms with E-state index < -0.39 is 6.10 Å². The van der Waals surface area contributed by atoms with Crippen molar-refractivity contribution in [1.29, 1.82) is 0 Å². The van der Waals surface area contributed by atoms with Gasteiger partial charge in [-0.2, -0.15) is 0 Å². The minimum atomic E-state index is -0.568. The topological polar surface area (TPSA) is 81.4 Å². The Morgan fingerprint density at radius 2 is 1.84 bits per heavy atom. The number of hydrogen-bond donors (Lipinski definition) is 1. The summed E-state index contributed by atoms with van der Waals surface area (Å²) in [5.41, 5.74) is 1.35. The molecule has 2 aromatic carbocycles. The van der Waals surface area contributed by atoms with Crippen molar-refractivity contribution in [1.82, 2.24) is 4.90 Å². The van der Waals surface area contributed by atoms with Gasteiger partial charge in [0, 0.05) is 30.1 Å². The van der Waals surface area contributed by atoms with E-state index in [0.29, 0.717) is 54.7 Å². The second-order valence-corrected chi connectivity index (χ2v) is 8.61. The number of rotatable bonds is 3. The number of likely N-dealkylation sites (tertiary alicyclic amines) is 1. The lowest BCUT2D eigenvalue weighted by Gasteiger charge is -2.35. The third-order valence-corrected chi connectivity index (χ3v) is 6.71. The van der Waals surface area contributed by atoms with Crippen molar-refractivity contribution in [3.63, 3.8) is 0 Å². The van der Waals surface area contributed by atoms with Crippen LogP contribution in [0.4, 0.5) is 0 Å². The molecule has 1 saturated heterocycles. The van der Waals surface area contributed by atoms with Crippen LogP contribution < -0.4 is 14.2 Å². The first-order chi connectivity index (χ1) is 15.1. The molecule has 1 aliphatic carbocycles. The number of aliphatic hydroxyl groups excluding tert-OH is 1. The van der Waals surface area contributed by atoms with Crippen molar-refractivity contribution in [3.05, 3.63) is 54.3 Å². The average Bonchev–Trinajstić information content (AvgIpc) is 3.51. The van der Waals surface area contributed by atoms with Gasteiger partial charge in [-0.05, 0) is 55.0 Å². The first kappa shape index (κ1) is 18.6. The van der Waals surface area contributed by atoms with Gasteiger partial charge in [-0.1, -0.05) is 6.07 Å². The highest BCUT2D eigenvalue weighted by molar-refractivity contribution is 5.97. The molecule has 0 unspecified atom stereocenters. The molecule has 1 aromatic heterocycles. The minimum Gasteiger partial charge on any atom is -0.488 e. The molecule has 3 aromatic rings. The maximum absolute atomic E-state index is 13.1. The standard InChI is InChI=1S/C24H23NO6/c26-19-7-16-11-25(24(27)15-2-1-14-5-6-28-21(14)8-15)12-17(16)9-22(19)31-18-3-4-20-23(10-18)30-13-29-20/h1-6,8,10,16-17,19,22,26H,7,9,11-13H2/t16-,17+,19+,22+/m0/s1. The molecule has 0 spiro atoms. The Labute approximate surface area is 179 Å². The van der Waals surface area contributed by atoms with Crippen LogP contribution in [0, 0.1) is 11.8 Å². The summed E-state index contributed by atoms with van der Waals surface area (Å²) in [6, 6.07) is 12.9. The van der Waals surface area contributed by atoms with E-state index in [9.17, 15) is 9.90 Å². The molecule has 1 saturated carbocycles. The Morgan fingerprint density at radius 3 is 2.74 bits per heavy atom. The van der Waals surface area contributed by atoms with Crippen molar-refractivity contribution in [3.8, 4) is 17.2 Å². The van der Waals surface area contributed by atoms with Crippen LogP contribution in [-0.4, -0.2) is 48.0 Å². The molecule has 6 rings (SSSR count). The lowest BCUT2D eigenvalue weighted by molar-refractivity contribution is -0.0232. The normalized spacial score (nSPS) is 26.8. The second-order valence-electron chi connectivity index (χ2n) is 8.61. The summed E-state index contributed by atoms with van der Waals surface area (Å²) in [5.74, 6) is 2.61. The van der Waals surface area contributed by atoms with Gasteiger partial charge in [0.15, 0.2) is 11.5 Å². The molecule has 1 amide bonds. The van der Waals surface area contributed by atoms with Crippen molar-refractivity contribution >= 4 is 16.9 Å². The van der Waals surface area contributed by atoms with E-state index in [4.69, 9.17) is 18.6 Å². The zero-order chi connectivity index (χ0) is 20.9. The zero-order valence-corrected chi connectivity index (χ0v) is 16.9. The number of nitrogens with zero attached hydrogens (tertiary/aromatic N) is 1. The molecule has 3 heterocycles. The van der Waals surface area contributed by atoms with Crippen LogP contribution >= 0.6 is 0 Å². The molecule has 2 fully saturated rings. The predicted molar refractivity (Wildman–Crippen MR) is 111 cm³/mol. The van der Waals surface area contributed by atoms with Crippen molar-refractivity contribution in [2.75, 3.05) is 19.9 Å². The van der Waals surface area contributed by atoms with E-state index in [0.717, 1.165) is 11.0 Å². The smallest absolute Gasteiger partial charge is 0.254 e. The Bertz CT molecular complexity index is 1140. The largest absolute Gasteiger partial charge is 0.488 e. The third-order valence-electron chi connectivity index (χ3n) is 6.71. The van der Waals surface area contributed by atoms with E-state index in [1.165, 1.54) is 0 Å². The number of aliphatic hydroxyl groups is 1. The summed E-state index contributed by atoms with van der Waals surface area (Å²) < 4.78 is 22.3. The maximum Gasteiger partial charge on any atom is 0.254 e. The fraction of sp³-hybridized carbons (Fsp3) is 0.375. The summed E-state index contributed by atoms with van der Waals surface area (Å²) >= 11 is 0. The van der Waals surface area contributed by atoms with Gasteiger partial charge in [0.05, 0.1) is 12.4 Å². The van der Waals surface area contributed by atoms with Crippen molar-refractivity contribution < 1.29 is 28.5 Å². The third kappa shape index (κ3) is 3.29. The first-order valence-electron chi connectivity index (χ1n) is 10.6. The number of hydrogen-bond acceptors (Lipinski definition) is 6. The van der Waals surface area contributed by atoms with Gasteiger partial charge in [-0.15, -0.1) is 0 Å². The monoisotopic (exact) mass is 421 g/mol. The highest BCUT2D eigenvalue weighted by Gasteiger charge is 2.44. The Morgan fingerprint density at radius 1 is 1.00 bits per heavy atom. The highest BCUT2D eigenvalue weighted by Crippen LogP contribution is 2.40. The number of carbonyl (C=O) groups is 1. The van der Waals surface area contributed by atoms with Gasteiger partial charge in [0.25, 0.3) is 5.91 Å². The van der Waals surface area contributed by atoms with Crippen LogP contribution in [0.25, 0.3) is 11.0 Å². The number of amides is 1. The summed E-state index contributed by atoms with van der Waals surface area (Å²) in [7, 11) is 0. The number of fused-ring (bicyclic) bond motifs is 3. The van der Waals surface area contributed by atoms with E-state index in [1.807, 2.05) is 35.2 Å². The van der Waals surface area contributed by atoms with E-state index in [2.05, 4.69) is 0 Å². The Hall–Kier alpha value is -3.19. The molecule has 7 heteroatoms. The highest BCUT2D eigenvalue weighted by atomic mass is 16.7. The van der Waals surface area contributed by atoms with Crippen LogP contribution in [0.15, 0.2) is 53.1 Å². The molecular weight excluding hydrogens is 398 g/mol. The summed E-state index contributed by atoms with van der Waals surface area (Å²) in [4.78, 5) is 15.0. The Balaban J connectivity index is 1.14. The van der Waals surface area contributed by atoms with E-state index >= 15 is 0 Å². The number of furan rings is 1. The molecule has 1 N–H and O–H groups in total. The molecule has 4 atom stereocenters. The fourth-order valence-corrected chi connectivity index (χ4v) is 5.08. The van der Waals surface area contributed by atoms with Gasteiger partial charge in [0.2, 0.25) is 6.79 Å². The molecule has 31 heavy (non-hydrogen) atoms. The van der Waals surface area contributed by atoms with Gasteiger partial charge in [0.1, 0.15) is 17.4 Å². The number of benzene rings is 2. The SMILES string of the molecule is O=C(c1ccc2ccoc2c1)N1C[C@H]2C[C@@H](Oc3ccc4c(c3)OCO4)[C@H](O)C[C@H]2C1. The molecule has 3 aliphatic rings. The molecular formula is C24H23NO6.